The predicted octanol–water partition coefficient (Wildman–Crippen LogP) is 2.70. The molecular formula is C14H21N3. The Morgan fingerprint density at radius 1 is 1.12 bits per heavy atom. The molecule has 3 atom stereocenters. The fourth-order valence-corrected chi connectivity index (χ4v) is 3.56. The minimum atomic E-state index is 0.662. The van der Waals surface area contributed by atoms with E-state index in [4.69, 9.17) is 11.5 Å². The van der Waals surface area contributed by atoms with Gasteiger partial charge in [-0.3, -0.25) is 0 Å². The zero-order chi connectivity index (χ0) is 11.8. The Labute approximate surface area is 103 Å². The molecule has 3 heteroatoms. The lowest BCUT2D eigenvalue weighted by Gasteiger charge is -2.22. The predicted molar refractivity (Wildman–Crippen MR) is 72.7 cm³/mol. The van der Waals surface area contributed by atoms with E-state index in [-0.39, 0.29) is 0 Å². The average molecular weight is 231 g/mol. The molecule has 3 rings (SSSR count). The van der Waals surface area contributed by atoms with Gasteiger partial charge in [-0.15, -0.1) is 0 Å². The Morgan fingerprint density at radius 2 is 2.00 bits per heavy atom. The van der Waals surface area contributed by atoms with Crippen LogP contribution in [0.15, 0.2) is 18.2 Å². The monoisotopic (exact) mass is 231 g/mol. The van der Waals surface area contributed by atoms with E-state index < -0.39 is 0 Å². The average Bonchev–Trinajstić information content (AvgIpc) is 2.92. The van der Waals surface area contributed by atoms with E-state index >= 15 is 0 Å². The molecule has 2 aliphatic rings. The molecule has 0 spiro atoms. The van der Waals surface area contributed by atoms with Gasteiger partial charge in [-0.2, -0.15) is 0 Å². The lowest BCUT2D eigenvalue weighted by molar-refractivity contribution is 0.348. The Balaban J connectivity index is 1.59. The molecule has 3 unspecified atom stereocenters. The number of anilines is 3. The van der Waals surface area contributed by atoms with Crippen LogP contribution in [-0.4, -0.2) is 6.54 Å². The number of hydrogen-bond donors (Lipinski definition) is 3. The van der Waals surface area contributed by atoms with Gasteiger partial charge in [-0.05, 0) is 55.2 Å². The minimum Gasteiger partial charge on any atom is -0.397 e. The molecule has 2 fully saturated rings. The van der Waals surface area contributed by atoms with Crippen molar-refractivity contribution in [3.63, 3.8) is 0 Å². The Morgan fingerprint density at radius 3 is 2.65 bits per heavy atom. The number of hydrogen-bond acceptors (Lipinski definition) is 3. The zero-order valence-electron chi connectivity index (χ0n) is 10.2. The van der Waals surface area contributed by atoms with Gasteiger partial charge in [-0.25, -0.2) is 0 Å². The highest BCUT2D eigenvalue weighted by atomic mass is 14.9. The van der Waals surface area contributed by atoms with Crippen LogP contribution in [0.2, 0.25) is 0 Å². The van der Waals surface area contributed by atoms with Crippen LogP contribution in [0.1, 0.15) is 25.7 Å². The number of fused-ring (bicyclic) bond motifs is 2. The van der Waals surface area contributed by atoms with Crippen molar-refractivity contribution in [2.45, 2.75) is 25.7 Å². The van der Waals surface area contributed by atoms with E-state index in [1.165, 1.54) is 25.7 Å². The van der Waals surface area contributed by atoms with Crippen LogP contribution in [0.4, 0.5) is 17.1 Å². The van der Waals surface area contributed by atoms with Crippen molar-refractivity contribution in [3.05, 3.63) is 18.2 Å². The molecule has 2 bridgehead atoms. The minimum absolute atomic E-state index is 0.662. The van der Waals surface area contributed by atoms with Crippen LogP contribution < -0.4 is 16.8 Å². The summed E-state index contributed by atoms with van der Waals surface area (Å²) in [6.07, 6.45) is 5.80. The van der Waals surface area contributed by atoms with Gasteiger partial charge in [0.2, 0.25) is 0 Å². The number of nitrogens with one attached hydrogen (secondary N) is 1. The summed E-state index contributed by atoms with van der Waals surface area (Å²) in [6.45, 7) is 1.09. The lowest BCUT2D eigenvalue weighted by atomic mass is 9.89. The topological polar surface area (TPSA) is 64.1 Å². The quantitative estimate of drug-likeness (QED) is 0.701. The third kappa shape index (κ3) is 2.06. The van der Waals surface area contributed by atoms with Crippen molar-refractivity contribution < 1.29 is 0 Å². The molecule has 0 saturated heterocycles. The highest BCUT2D eigenvalue weighted by Crippen LogP contribution is 2.48. The van der Waals surface area contributed by atoms with Crippen LogP contribution in [0, 0.1) is 17.8 Å². The lowest BCUT2D eigenvalue weighted by Crippen LogP contribution is -2.20. The third-order valence-electron chi connectivity index (χ3n) is 4.54. The molecule has 17 heavy (non-hydrogen) atoms. The van der Waals surface area contributed by atoms with Gasteiger partial charge in [0.1, 0.15) is 0 Å². The van der Waals surface area contributed by atoms with Gasteiger partial charge in [-0.1, -0.05) is 6.42 Å². The molecule has 1 aromatic carbocycles. The standard InChI is InChI=1S/C14H21N3/c15-13-4-3-12(7-14(13)16)17-8-11-6-9-1-2-10(11)5-9/h3-4,7,9-11,17H,1-2,5-6,8,15-16H2. The van der Waals surface area contributed by atoms with Gasteiger partial charge in [0.15, 0.2) is 0 Å². The first-order chi connectivity index (χ1) is 8.22. The maximum Gasteiger partial charge on any atom is 0.0568 e. The first kappa shape index (κ1) is 10.8. The Hall–Kier alpha value is -1.38. The van der Waals surface area contributed by atoms with Crippen LogP contribution in [0.3, 0.4) is 0 Å². The second kappa shape index (κ2) is 4.13. The SMILES string of the molecule is Nc1ccc(NCC2CC3CCC2C3)cc1N. The van der Waals surface area contributed by atoms with Gasteiger partial charge in [0, 0.05) is 12.2 Å². The van der Waals surface area contributed by atoms with Crippen molar-refractivity contribution in [1.82, 2.24) is 0 Å². The van der Waals surface area contributed by atoms with Crippen LogP contribution in [0.5, 0.6) is 0 Å². The van der Waals surface area contributed by atoms with Gasteiger partial charge >= 0.3 is 0 Å². The third-order valence-corrected chi connectivity index (χ3v) is 4.54. The molecule has 3 nitrogen and oxygen atoms in total. The van der Waals surface area contributed by atoms with Gasteiger partial charge in [0.25, 0.3) is 0 Å². The summed E-state index contributed by atoms with van der Waals surface area (Å²) >= 11 is 0. The van der Waals surface area contributed by atoms with Gasteiger partial charge in [0.05, 0.1) is 11.4 Å². The van der Waals surface area contributed by atoms with E-state index in [0.717, 1.165) is 30.0 Å². The Bertz CT molecular complexity index is 416. The second-order valence-corrected chi connectivity index (χ2v) is 5.66. The van der Waals surface area contributed by atoms with E-state index in [1.54, 1.807) is 0 Å². The van der Waals surface area contributed by atoms with Crippen LogP contribution in [-0.2, 0) is 0 Å². The summed E-state index contributed by atoms with van der Waals surface area (Å²) in [5.41, 5.74) is 13.9. The first-order valence-electron chi connectivity index (χ1n) is 6.61. The highest BCUT2D eigenvalue weighted by Gasteiger charge is 2.38. The van der Waals surface area contributed by atoms with Gasteiger partial charge < -0.3 is 16.8 Å². The molecule has 92 valence electrons. The molecule has 0 aliphatic heterocycles. The smallest absolute Gasteiger partial charge is 0.0568 e. The van der Waals surface area contributed by atoms with Crippen LogP contribution >= 0.6 is 0 Å². The normalized spacial score (nSPS) is 30.7. The fourth-order valence-electron chi connectivity index (χ4n) is 3.56. The summed E-state index contributed by atoms with van der Waals surface area (Å²) in [6, 6.07) is 5.82. The summed E-state index contributed by atoms with van der Waals surface area (Å²) in [5.74, 6) is 2.86. The molecule has 0 aromatic heterocycles. The maximum atomic E-state index is 5.80. The molecular weight excluding hydrogens is 210 g/mol. The largest absolute Gasteiger partial charge is 0.397 e. The van der Waals surface area contributed by atoms with Crippen molar-refractivity contribution in [2.75, 3.05) is 23.3 Å². The number of benzene rings is 1. The van der Waals surface area contributed by atoms with E-state index in [9.17, 15) is 0 Å². The zero-order valence-corrected chi connectivity index (χ0v) is 10.2. The fraction of sp³-hybridized carbons (Fsp3) is 0.571. The first-order valence-corrected chi connectivity index (χ1v) is 6.61. The van der Waals surface area contributed by atoms with Crippen molar-refractivity contribution in [1.29, 1.82) is 0 Å². The van der Waals surface area contributed by atoms with E-state index in [1.807, 2.05) is 18.2 Å². The van der Waals surface area contributed by atoms with Crippen molar-refractivity contribution in [3.8, 4) is 0 Å². The highest BCUT2D eigenvalue weighted by molar-refractivity contribution is 5.69. The van der Waals surface area contributed by atoms with Crippen LogP contribution in [0.25, 0.3) is 0 Å². The molecule has 2 saturated carbocycles. The summed E-state index contributed by atoms with van der Waals surface area (Å²) in [7, 11) is 0. The van der Waals surface area contributed by atoms with Crippen molar-refractivity contribution in [2.24, 2.45) is 17.8 Å². The molecule has 2 aliphatic carbocycles. The van der Waals surface area contributed by atoms with E-state index in [2.05, 4.69) is 5.32 Å². The number of rotatable bonds is 3. The maximum absolute atomic E-state index is 5.80. The second-order valence-electron chi connectivity index (χ2n) is 5.66. The number of nitrogen functional groups attached to an aromatic ring is 2. The summed E-state index contributed by atoms with van der Waals surface area (Å²) < 4.78 is 0. The van der Waals surface area contributed by atoms with E-state index in [0.29, 0.717) is 11.4 Å². The molecule has 1 aromatic rings. The molecule has 0 amide bonds. The summed E-state index contributed by atoms with van der Waals surface area (Å²) in [5, 5.41) is 3.50. The molecule has 0 radical (unpaired) electrons. The molecule has 0 heterocycles. The van der Waals surface area contributed by atoms with Crippen molar-refractivity contribution >= 4 is 17.1 Å². The Kier molecular flexibility index (Phi) is 2.61. The molecule has 5 N–H and O–H groups in total. The number of nitrogens with two attached hydrogens (primary N) is 2. The summed E-state index contributed by atoms with van der Waals surface area (Å²) in [4.78, 5) is 0.